The first-order valence-electron chi connectivity index (χ1n) is 9.23. The van der Waals surface area contributed by atoms with E-state index in [-0.39, 0.29) is 5.82 Å². The van der Waals surface area contributed by atoms with E-state index in [1.807, 2.05) is 31.3 Å². The number of aliphatic imine (C=N–C) groups is 1. The molecule has 2 aromatic carbocycles. The molecule has 144 valence electrons. The zero-order valence-corrected chi connectivity index (χ0v) is 16.0. The van der Waals surface area contributed by atoms with Gasteiger partial charge in [0.2, 0.25) is 0 Å². The van der Waals surface area contributed by atoms with E-state index in [1.165, 1.54) is 23.3 Å². The smallest absolute Gasteiger partial charge is 0.194 e. The molecule has 0 bridgehead atoms. The van der Waals surface area contributed by atoms with Crippen molar-refractivity contribution in [3.8, 4) is 0 Å². The normalized spacial score (nSPS) is 15.1. The van der Waals surface area contributed by atoms with Crippen molar-refractivity contribution in [2.24, 2.45) is 4.99 Å². The maximum absolute atomic E-state index is 13.1. The second-order valence-electron chi connectivity index (χ2n) is 6.55. The van der Waals surface area contributed by atoms with Crippen molar-refractivity contribution in [1.82, 2.24) is 10.2 Å². The van der Waals surface area contributed by atoms with E-state index in [0.29, 0.717) is 13.2 Å². The molecule has 0 spiro atoms. The average molecular weight is 370 g/mol. The second-order valence-corrected chi connectivity index (χ2v) is 6.55. The molecular weight excluding hydrogens is 343 g/mol. The first-order chi connectivity index (χ1) is 13.2. The molecule has 0 aromatic heterocycles. The Balaban J connectivity index is 1.56. The molecule has 0 aliphatic carbocycles. The Labute approximate surface area is 160 Å². The maximum atomic E-state index is 13.1. The molecule has 6 heteroatoms. The van der Waals surface area contributed by atoms with Crippen LogP contribution in [0.25, 0.3) is 0 Å². The van der Waals surface area contributed by atoms with E-state index < -0.39 is 0 Å². The fourth-order valence-corrected chi connectivity index (χ4v) is 3.36. The standard InChI is InChI=1S/C21H27FN4O/c1-23-21(24-15-17-5-3-4-6-18(17)16-27-2)26-13-11-25(12-14-26)20-9-7-19(22)8-10-20/h3-10H,11-16H2,1-2H3,(H,23,24). The van der Waals surface area contributed by atoms with Gasteiger partial charge in [0.1, 0.15) is 5.82 Å². The summed E-state index contributed by atoms with van der Waals surface area (Å²) in [6, 6.07) is 15.0. The van der Waals surface area contributed by atoms with Crippen molar-refractivity contribution in [3.05, 3.63) is 65.5 Å². The summed E-state index contributed by atoms with van der Waals surface area (Å²) >= 11 is 0. The number of nitrogens with zero attached hydrogens (tertiary/aromatic N) is 3. The number of hydrogen-bond acceptors (Lipinski definition) is 3. The van der Waals surface area contributed by atoms with Gasteiger partial charge in [-0.25, -0.2) is 4.39 Å². The number of benzene rings is 2. The summed E-state index contributed by atoms with van der Waals surface area (Å²) in [4.78, 5) is 8.98. The highest BCUT2D eigenvalue weighted by molar-refractivity contribution is 5.80. The number of anilines is 1. The van der Waals surface area contributed by atoms with Crippen LogP contribution in [0.4, 0.5) is 10.1 Å². The average Bonchev–Trinajstić information content (AvgIpc) is 2.71. The minimum Gasteiger partial charge on any atom is -0.380 e. The lowest BCUT2D eigenvalue weighted by molar-refractivity contribution is 0.184. The minimum atomic E-state index is -0.198. The number of rotatable bonds is 5. The number of guanidine groups is 1. The molecule has 1 fully saturated rings. The SMILES string of the molecule is CN=C(NCc1ccccc1COC)N1CCN(c2ccc(F)cc2)CC1. The van der Waals surface area contributed by atoms with Gasteiger partial charge in [-0.15, -0.1) is 0 Å². The van der Waals surface area contributed by atoms with Crippen molar-refractivity contribution >= 4 is 11.6 Å². The van der Waals surface area contributed by atoms with E-state index in [0.717, 1.165) is 37.8 Å². The lowest BCUT2D eigenvalue weighted by Crippen LogP contribution is -2.52. The van der Waals surface area contributed by atoms with Gasteiger partial charge in [0.15, 0.2) is 5.96 Å². The molecule has 1 aliphatic rings. The van der Waals surface area contributed by atoms with Crippen molar-refractivity contribution in [2.45, 2.75) is 13.2 Å². The third kappa shape index (κ3) is 4.98. The van der Waals surface area contributed by atoms with Gasteiger partial charge in [0, 0.05) is 52.6 Å². The fraction of sp³-hybridized carbons (Fsp3) is 0.381. The van der Waals surface area contributed by atoms with Crippen LogP contribution in [0.1, 0.15) is 11.1 Å². The monoisotopic (exact) mass is 370 g/mol. The summed E-state index contributed by atoms with van der Waals surface area (Å²) in [7, 11) is 3.53. The predicted molar refractivity (Wildman–Crippen MR) is 108 cm³/mol. The third-order valence-corrected chi connectivity index (χ3v) is 4.84. The first kappa shape index (κ1) is 19.2. The van der Waals surface area contributed by atoms with Gasteiger partial charge in [-0.3, -0.25) is 4.99 Å². The third-order valence-electron chi connectivity index (χ3n) is 4.84. The predicted octanol–water partition coefficient (Wildman–Crippen LogP) is 2.87. The molecule has 0 radical (unpaired) electrons. The zero-order valence-electron chi connectivity index (χ0n) is 16.0. The Morgan fingerprint density at radius 2 is 1.70 bits per heavy atom. The van der Waals surface area contributed by atoms with Gasteiger partial charge in [0.25, 0.3) is 0 Å². The minimum absolute atomic E-state index is 0.198. The zero-order chi connectivity index (χ0) is 19.1. The van der Waals surface area contributed by atoms with Crippen LogP contribution in [-0.4, -0.2) is 51.2 Å². The number of methoxy groups -OCH3 is 1. The van der Waals surface area contributed by atoms with E-state index in [1.54, 1.807) is 7.11 Å². The highest BCUT2D eigenvalue weighted by atomic mass is 19.1. The van der Waals surface area contributed by atoms with Gasteiger partial charge >= 0.3 is 0 Å². The van der Waals surface area contributed by atoms with E-state index in [4.69, 9.17) is 4.74 Å². The summed E-state index contributed by atoms with van der Waals surface area (Å²) in [5.41, 5.74) is 3.46. The lowest BCUT2D eigenvalue weighted by atomic mass is 10.1. The van der Waals surface area contributed by atoms with Gasteiger partial charge in [-0.1, -0.05) is 24.3 Å². The largest absolute Gasteiger partial charge is 0.380 e. The molecule has 1 aliphatic heterocycles. The first-order valence-corrected chi connectivity index (χ1v) is 9.23. The Bertz CT molecular complexity index is 755. The van der Waals surface area contributed by atoms with Gasteiger partial charge < -0.3 is 19.9 Å². The molecule has 0 amide bonds. The Morgan fingerprint density at radius 3 is 2.33 bits per heavy atom. The molecule has 27 heavy (non-hydrogen) atoms. The van der Waals surface area contributed by atoms with Gasteiger partial charge in [0.05, 0.1) is 6.61 Å². The molecule has 0 unspecified atom stereocenters. The Kier molecular flexibility index (Phi) is 6.65. The van der Waals surface area contributed by atoms with Gasteiger partial charge in [-0.05, 0) is 35.4 Å². The van der Waals surface area contributed by atoms with E-state index >= 15 is 0 Å². The molecule has 0 saturated carbocycles. The number of halogens is 1. The van der Waals surface area contributed by atoms with Crippen LogP contribution in [0.5, 0.6) is 0 Å². The fourth-order valence-electron chi connectivity index (χ4n) is 3.36. The molecular formula is C21H27FN4O. The van der Waals surface area contributed by atoms with Crippen molar-refractivity contribution in [1.29, 1.82) is 0 Å². The number of ether oxygens (including phenoxy) is 1. The highest BCUT2D eigenvalue weighted by Gasteiger charge is 2.20. The quantitative estimate of drug-likeness (QED) is 0.649. The van der Waals surface area contributed by atoms with Crippen LogP contribution in [0.15, 0.2) is 53.5 Å². The molecule has 1 saturated heterocycles. The van der Waals surface area contributed by atoms with Crippen molar-refractivity contribution in [2.75, 3.05) is 45.2 Å². The molecule has 0 atom stereocenters. The van der Waals surface area contributed by atoms with Gasteiger partial charge in [-0.2, -0.15) is 0 Å². The number of piperazine rings is 1. The maximum Gasteiger partial charge on any atom is 0.194 e. The van der Waals surface area contributed by atoms with Crippen LogP contribution >= 0.6 is 0 Å². The molecule has 2 aromatic rings. The summed E-state index contributed by atoms with van der Waals surface area (Å²) in [6.07, 6.45) is 0. The number of hydrogen-bond donors (Lipinski definition) is 1. The Morgan fingerprint density at radius 1 is 1.04 bits per heavy atom. The summed E-state index contributed by atoms with van der Waals surface area (Å²) in [6.45, 7) is 4.82. The van der Waals surface area contributed by atoms with Crippen LogP contribution in [0.2, 0.25) is 0 Å². The number of nitrogens with one attached hydrogen (secondary N) is 1. The second kappa shape index (κ2) is 9.37. The summed E-state index contributed by atoms with van der Waals surface area (Å²) in [5, 5.41) is 3.47. The molecule has 1 heterocycles. The van der Waals surface area contributed by atoms with E-state index in [9.17, 15) is 4.39 Å². The molecule has 3 rings (SSSR count). The Hall–Kier alpha value is -2.60. The summed E-state index contributed by atoms with van der Waals surface area (Å²) in [5.74, 6) is 0.705. The van der Waals surface area contributed by atoms with Crippen LogP contribution in [0, 0.1) is 5.82 Å². The van der Waals surface area contributed by atoms with Crippen LogP contribution < -0.4 is 10.2 Å². The highest BCUT2D eigenvalue weighted by Crippen LogP contribution is 2.17. The van der Waals surface area contributed by atoms with Crippen LogP contribution in [-0.2, 0) is 17.9 Å². The molecule has 1 N–H and O–H groups in total. The van der Waals surface area contributed by atoms with Crippen molar-refractivity contribution < 1.29 is 9.13 Å². The topological polar surface area (TPSA) is 40.1 Å². The van der Waals surface area contributed by atoms with Crippen molar-refractivity contribution in [3.63, 3.8) is 0 Å². The van der Waals surface area contributed by atoms with Crippen LogP contribution in [0.3, 0.4) is 0 Å². The lowest BCUT2D eigenvalue weighted by Gasteiger charge is -2.37. The molecule has 5 nitrogen and oxygen atoms in total. The van der Waals surface area contributed by atoms with E-state index in [2.05, 4.69) is 32.2 Å². The summed E-state index contributed by atoms with van der Waals surface area (Å²) < 4.78 is 18.4.